The van der Waals surface area contributed by atoms with Crippen LogP contribution in [0.15, 0.2) is 4.52 Å². The Hall–Kier alpha value is -2.12. The molecule has 2 amide bonds. The number of hydrogen-bond donors (Lipinski definition) is 1. The summed E-state index contributed by atoms with van der Waals surface area (Å²) in [6.45, 7) is 4.21. The zero-order valence-electron chi connectivity index (χ0n) is 13.2. The van der Waals surface area contributed by atoms with Gasteiger partial charge in [0, 0.05) is 12.5 Å². The van der Waals surface area contributed by atoms with E-state index in [1.807, 2.05) is 6.92 Å². The fourth-order valence-corrected chi connectivity index (χ4v) is 2.24. The van der Waals surface area contributed by atoms with Crippen molar-refractivity contribution < 1.29 is 18.8 Å². The average molecular weight is 310 g/mol. The Morgan fingerprint density at radius 3 is 2.77 bits per heavy atom. The lowest BCUT2D eigenvalue weighted by Gasteiger charge is -2.23. The summed E-state index contributed by atoms with van der Waals surface area (Å²) >= 11 is 0. The summed E-state index contributed by atoms with van der Waals surface area (Å²) in [4.78, 5) is 29.4. The van der Waals surface area contributed by atoms with Gasteiger partial charge >= 0.3 is 6.09 Å². The van der Waals surface area contributed by atoms with Gasteiger partial charge in [-0.1, -0.05) is 11.6 Å². The highest BCUT2D eigenvalue weighted by Gasteiger charge is 2.27. The molecular weight excluding hydrogens is 288 g/mol. The molecule has 2 rings (SSSR count). The maximum atomic E-state index is 12.3. The largest absolute Gasteiger partial charge is 0.453 e. The molecule has 122 valence electrons. The van der Waals surface area contributed by atoms with E-state index >= 15 is 0 Å². The minimum atomic E-state index is -0.676. The molecule has 8 heteroatoms. The molecule has 0 bridgehead atoms. The van der Waals surface area contributed by atoms with Gasteiger partial charge in [-0.15, -0.1) is 0 Å². The molecule has 0 spiro atoms. The van der Waals surface area contributed by atoms with Crippen LogP contribution in [-0.2, 0) is 16.1 Å². The van der Waals surface area contributed by atoms with Crippen LogP contribution in [0, 0.1) is 0 Å². The number of nitrogens with zero attached hydrogens (tertiary/aromatic N) is 3. The summed E-state index contributed by atoms with van der Waals surface area (Å²) in [6, 6.07) is -0.676. The first-order chi connectivity index (χ1) is 10.5. The Balaban J connectivity index is 1.94. The third kappa shape index (κ3) is 3.75. The molecule has 1 aromatic rings. The maximum Gasteiger partial charge on any atom is 0.407 e. The third-order valence-corrected chi connectivity index (χ3v) is 3.85. The molecule has 0 radical (unpaired) electrons. The molecule has 8 nitrogen and oxygen atoms in total. The van der Waals surface area contributed by atoms with Gasteiger partial charge in [0.1, 0.15) is 6.04 Å². The van der Waals surface area contributed by atoms with Crippen molar-refractivity contribution in [3.63, 3.8) is 0 Å². The Morgan fingerprint density at radius 1 is 1.50 bits per heavy atom. The number of alkyl carbamates (subject to hydrolysis) is 1. The van der Waals surface area contributed by atoms with E-state index in [9.17, 15) is 9.59 Å². The third-order valence-electron chi connectivity index (χ3n) is 3.85. The van der Waals surface area contributed by atoms with Crippen LogP contribution in [0.4, 0.5) is 4.79 Å². The van der Waals surface area contributed by atoms with Gasteiger partial charge in [0.2, 0.25) is 11.8 Å². The van der Waals surface area contributed by atoms with Crippen molar-refractivity contribution in [3.05, 3.63) is 11.7 Å². The van der Waals surface area contributed by atoms with Crippen LogP contribution in [0.2, 0.25) is 0 Å². The first-order valence-corrected chi connectivity index (χ1v) is 7.50. The quantitative estimate of drug-likeness (QED) is 0.853. The molecule has 1 fully saturated rings. The second-order valence-corrected chi connectivity index (χ2v) is 5.39. The summed E-state index contributed by atoms with van der Waals surface area (Å²) in [6.07, 6.45) is 2.72. The van der Waals surface area contributed by atoms with E-state index in [-0.39, 0.29) is 12.5 Å². The van der Waals surface area contributed by atoms with Crippen LogP contribution in [0.5, 0.6) is 0 Å². The molecule has 1 unspecified atom stereocenters. The maximum absolute atomic E-state index is 12.3. The smallest absolute Gasteiger partial charge is 0.407 e. The number of amides is 2. The SMILES string of the molecule is CCN(Cc1noc(C2CCC2)n1)C(=O)C(C)NC(=O)OC. The first-order valence-electron chi connectivity index (χ1n) is 7.50. The summed E-state index contributed by atoms with van der Waals surface area (Å²) in [5.74, 6) is 1.29. The van der Waals surface area contributed by atoms with Gasteiger partial charge in [0.05, 0.1) is 13.7 Å². The van der Waals surface area contributed by atoms with Crippen LogP contribution in [0.25, 0.3) is 0 Å². The Bertz CT molecular complexity index is 527. The fraction of sp³-hybridized carbons (Fsp3) is 0.714. The Kier molecular flexibility index (Phi) is 5.35. The number of rotatable bonds is 6. The number of ether oxygens (including phenoxy) is 1. The van der Waals surface area contributed by atoms with Gasteiger partial charge in [-0.05, 0) is 26.7 Å². The van der Waals surface area contributed by atoms with E-state index in [1.165, 1.54) is 13.5 Å². The highest BCUT2D eigenvalue weighted by atomic mass is 16.5. The number of aromatic nitrogens is 2. The molecule has 1 aromatic heterocycles. The molecule has 1 N–H and O–H groups in total. The molecule has 1 heterocycles. The van der Waals surface area contributed by atoms with Gasteiger partial charge in [0.15, 0.2) is 5.82 Å². The molecule has 0 aromatic carbocycles. The second-order valence-electron chi connectivity index (χ2n) is 5.39. The zero-order valence-corrected chi connectivity index (χ0v) is 13.2. The van der Waals surface area contributed by atoms with Gasteiger partial charge in [-0.2, -0.15) is 4.98 Å². The average Bonchev–Trinajstić information content (AvgIpc) is 2.89. The number of carbonyl (C=O) groups excluding carboxylic acids is 2. The summed E-state index contributed by atoms with van der Waals surface area (Å²) in [5, 5.41) is 6.39. The number of methoxy groups -OCH3 is 1. The van der Waals surface area contributed by atoms with Crippen molar-refractivity contribution in [2.24, 2.45) is 0 Å². The van der Waals surface area contributed by atoms with E-state index in [4.69, 9.17) is 4.52 Å². The molecular formula is C14H22N4O4. The molecule has 1 saturated carbocycles. The molecule has 1 atom stereocenters. The van der Waals surface area contributed by atoms with Crippen molar-refractivity contribution in [1.29, 1.82) is 0 Å². The van der Waals surface area contributed by atoms with Crippen molar-refractivity contribution in [1.82, 2.24) is 20.4 Å². The van der Waals surface area contributed by atoms with Crippen molar-refractivity contribution >= 4 is 12.0 Å². The summed E-state index contributed by atoms with van der Waals surface area (Å²) in [7, 11) is 1.26. The van der Waals surface area contributed by atoms with E-state index in [2.05, 4.69) is 20.2 Å². The lowest BCUT2D eigenvalue weighted by molar-refractivity contribution is -0.133. The molecule has 0 aliphatic heterocycles. The molecule has 1 aliphatic carbocycles. The van der Waals surface area contributed by atoms with E-state index < -0.39 is 12.1 Å². The van der Waals surface area contributed by atoms with Crippen LogP contribution in [0.3, 0.4) is 0 Å². The van der Waals surface area contributed by atoms with Crippen molar-refractivity contribution in [2.75, 3.05) is 13.7 Å². The molecule has 22 heavy (non-hydrogen) atoms. The minimum Gasteiger partial charge on any atom is -0.453 e. The van der Waals surface area contributed by atoms with Crippen molar-refractivity contribution in [2.45, 2.75) is 51.6 Å². The van der Waals surface area contributed by atoms with Crippen LogP contribution >= 0.6 is 0 Å². The zero-order chi connectivity index (χ0) is 16.1. The van der Waals surface area contributed by atoms with Gasteiger partial charge in [-0.3, -0.25) is 4.79 Å². The monoisotopic (exact) mass is 310 g/mol. The van der Waals surface area contributed by atoms with Gasteiger partial charge in [-0.25, -0.2) is 4.79 Å². The lowest BCUT2D eigenvalue weighted by Crippen LogP contribution is -2.46. The predicted octanol–water partition coefficient (Wildman–Crippen LogP) is 1.43. The Morgan fingerprint density at radius 2 is 2.23 bits per heavy atom. The minimum absolute atomic E-state index is 0.220. The normalized spacial score (nSPS) is 15.8. The van der Waals surface area contributed by atoms with Crippen LogP contribution in [0.1, 0.15) is 50.7 Å². The number of hydrogen-bond acceptors (Lipinski definition) is 6. The van der Waals surface area contributed by atoms with E-state index in [1.54, 1.807) is 11.8 Å². The number of carbonyl (C=O) groups is 2. The Labute approximate surface area is 129 Å². The standard InChI is InChI=1S/C14H22N4O4/c1-4-18(13(19)9(2)15-14(20)21-3)8-11-16-12(22-17-11)10-6-5-7-10/h9-10H,4-8H2,1-3H3,(H,15,20). The topological polar surface area (TPSA) is 97.6 Å². The van der Waals surface area contributed by atoms with Crippen LogP contribution in [-0.4, -0.2) is 46.7 Å². The number of likely N-dealkylation sites (N-methyl/N-ethyl adjacent to an activating group) is 1. The second kappa shape index (κ2) is 7.24. The van der Waals surface area contributed by atoms with Gasteiger partial charge < -0.3 is 19.5 Å². The summed E-state index contributed by atoms with van der Waals surface area (Å²) < 4.78 is 9.74. The van der Waals surface area contributed by atoms with E-state index in [0.717, 1.165) is 12.8 Å². The van der Waals surface area contributed by atoms with E-state index in [0.29, 0.717) is 24.2 Å². The van der Waals surface area contributed by atoms with Gasteiger partial charge in [0.25, 0.3) is 0 Å². The highest BCUT2D eigenvalue weighted by molar-refractivity contribution is 5.85. The number of nitrogens with one attached hydrogen (secondary N) is 1. The van der Waals surface area contributed by atoms with Crippen LogP contribution < -0.4 is 5.32 Å². The first kappa shape index (κ1) is 16.3. The molecule has 1 aliphatic rings. The lowest BCUT2D eigenvalue weighted by atomic mass is 9.85. The fourth-order valence-electron chi connectivity index (χ4n) is 2.24. The summed E-state index contributed by atoms with van der Waals surface area (Å²) in [5.41, 5.74) is 0. The predicted molar refractivity (Wildman–Crippen MR) is 77.0 cm³/mol. The highest BCUT2D eigenvalue weighted by Crippen LogP contribution is 2.35. The van der Waals surface area contributed by atoms with Crippen molar-refractivity contribution in [3.8, 4) is 0 Å². The molecule has 0 saturated heterocycles.